The van der Waals surface area contributed by atoms with Crippen LogP contribution in [0.5, 0.6) is 0 Å². The molecule has 0 aromatic heterocycles. The van der Waals surface area contributed by atoms with Crippen molar-refractivity contribution < 1.29 is 32.8 Å². The number of carbonyl (C=O) groups excluding carboxylic acids is 2. The number of rotatable bonds is 11. The van der Waals surface area contributed by atoms with Gasteiger partial charge in [-0.3, -0.25) is 14.5 Å². The summed E-state index contributed by atoms with van der Waals surface area (Å²) in [4.78, 5) is 31.1. The van der Waals surface area contributed by atoms with Gasteiger partial charge in [-0.2, -0.15) is 18.3 Å². The van der Waals surface area contributed by atoms with Crippen LogP contribution in [-0.4, -0.2) is 60.2 Å². The van der Waals surface area contributed by atoms with E-state index >= 15 is 0 Å². The van der Waals surface area contributed by atoms with Crippen LogP contribution in [0, 0.1) is 0 Å². The normalized spacial score (nSPS) is 13.5. The van der Waals surface area contributed by atoms with Crippen LogP contribution in [0.4, 0.5) is 24.5 Å². The second kappa shape index (κ2) is 16.3. The maximum Gasteiger partial charge on any atom is 0.488 e. The highest BCUT2D eigenvalue weighted by Crippen LogP contribution is 2.35. The number of piperidine rings is 1. The molecule has 9 nitrogen and oxygen atoms in total. The van der Waals surface area contributed by atoms with Crippen molar-refractivity contribution in [1.82, 2.24) is 10.3 Å². The van der Waals surface area contributed by atoms with Crippen molar-refractivity contribution in [2.24, 2.45) is 5.10 Å². The number of nitrogens with one attached hydrogen (secondary N) is 2. The summed E-state index contributed by atoms with van der Waals surface area (Å²) in [6.45, 7) is 2.76. The molecule has 1 aliphatic heterocycles. The van der Waals surface area contributed by atoms with Crippen LogP contribution in [0.2, 0.25) is 5.02 Å². The minimum atomic E-state index is -4.65. The number of amides is 2. The van der Waals surface area contributed by atoms with E-state index in [2.05, 4.69) is 25.6 Å². The number of alkyl halides is 3. The van der Waals surface area contributed by atoms with Crippen LogP contribution in [0.15, 0.2) is 90.0 Å². The Morgan fingerprint density at radius 2 is 1.64 bits per heavy atom. The van der Waals surface area contributed by atoms with Crippen LogP contribution in [0.1, 0.15) is 62.2 Å². The zero-order valence-corrected chi connectivity index (χ0v) is 28.0. The molecule has 0 radical (unpaired) electrons. The molecule has 0 atom stereocenters. The first-order valence-corrected chi connectivity index (χ1v) is 16.4. The van der Waals surface area contributed by atoms with E-state index in [9.17, 15) is 32.8 Å². The lowest BCUT2D eigenvalue weighted by molar-refractivity contribution is -0.137. The lowest BCUT2D eigenvalue weighted by atomic mass is 9.80. The second-order valence-electron chi connectivity index (χ2n) is 12.2. The molecular weight excluding hydrogens is 670 g/mol. The van der Waals surface area contributed by atoms with E-state index in [1.54, 1.807) is 42.5 Å². The van der Waals surface area contributed by atoms with E-state index in [-0.39, 0.29) is 16.8 Å². The molecule has 0 spiro atoms. The van der Waals surface area contributed by atoms with Gasteiger partial charge in [-0.1, -0.05) is 54.1 Å². The molecule has 0 unspecified atom stereocenters. The highest BCUT2D eigenvalue weighted by Gasteiger charge is 2.33. The van der Waals surface area contributed by atoms with Gasteiger partial charge in [0.25, 0.3) is 11.8 Å². The SMILES string of the molecule is CN(Cc1ccc(B(O)O)cc1)Cc1cccc(C(=O)Nc2ccc(N3CCCCC3)cc2C(=O)N/N=C/c2ccc(Cl)c(C(F)(F)F)c2)c1. The first-order chi connectivity index (χ1) is 23.9. The highest BCUT2D eigenvalue weighted by molar-refractivity contribution is 6.58. The predicted molar refractivity (Wildman–Crippen MR) is 190 cm³/mol. The molecule has 0 saturated carbocycles. The Morgan fingerprint density at radius 3 is 2.34 bits per heavy atom. The standard InChI is InChI=1S/C36H36BClF3N5O4/c1-45(22-24-8-11-28(12-9-24)37(49)50)23-26-6-5-7-27(18-26)34(47)43-33-15-13-29(46-16-3-2-4-17-46)20-30(33)35(48)44-42-21-25-10-14-32(38)31(19-25)36(39,40)41/h5-15,18-21,49-50H,2-4,16-17,22-23H2,1H3,(H,43,47)(H,44,48)/b42-21+. The van der Waals surface area contributed by atoms with Crippen molar-refractivity contribution in [1.29, 1.82) is 0 Å². The van der Waals surface area contributed by atoms with Crippen molar-refractivity contribution in [3.8, 4) is 0 Å². The number of benzene rings is 4. The molecule has 1 fully saturated rings. The van der Waals surface area contributed by atoms with Crippen LogP contribution in [0.25, 0.3) is 0 Å². The van der Waals surface area contributed by atoms with E-state index < -0.39 is 35.7 Å². The monoisotopic (exact) mass is 705 g/mol. The molecule has 0 aliphatic carbocycles. The van der Waals surface area contributed by atoms with Gasteiger partial charge >= 0.3 is 13.3 Å². The van der Waals surface area contributed by atoms with Crippen molar-refractivity contribution >= 4 is 53.6 Å². The van der Waals surface area contributed by atoms with Gasteiger partial charge in [0.1, 0.15) is 0 Å². The highest BCUT2D eigenvalue weighted by atomic mass is 35.5. The maximum absolute atomic E-state index is 13.5. The third-order valence-electron chi connectivity index (χ3n) is 8.26. The summed E-state index contributed by atoms with van der Waals surface area (Å²) in [5.74, 6) is -1.09. The van der Waals surface area contributed by atoms with E-state index in [1.807, 2.05) is 31.3 Å². The summed E-state index contributed by atoms with van der Waals surface area (Å²) >= 11 is 5.71. The molecular formula is C36H36BClF3N5O4. The summed E-state index contributed by atoms with van der Waals surface area (Å²) in [5.41, 5.74) is 5.28. The Bertz CT molecular complexity index is 1850. The number of carbonyl (C=O) groups is 2. The van der Waals surface area contributed by atoms with Crippen LogP contribution in [-0.2, 0) is 19.3 Å². The summed E-state index contributed by atoms with van der Waals surface area (Å²) in [6.07, 6.45) is -0.423. The average molecular weight is 706 g/mol. The predicted octanol–water partition coefficient (Wildman–Crippen LogP) is 5.68. The lowest BCUT2D eigenvalue weighted by Gasteiger charge is -2.29. The first kappa shape index (κ1) is 36.6. The molecule has 2 amide bonds. The number of nitrogens with zero attached hydrogens (tertiary/aromatic N) is 3. The fourth-order valence-electron chi connectivity index (χ4n) is 5.72. The minimum absolute atomic E-state index is 0.0857. The van der Waals surface area contributed by atoms with Gasteiger partial charge in [-0.25, -0.2) is 5.43 Å². The molecule has 14 heteroatoms. The first-order valence-electron chi connectivity index (χ1n) is 16.0. The molecule has 5 rings (SSSR count). The average Bonchev–Trinajstić information content (AvgIpc) is 3.09. The number of anilines is 2. The van der Waals surface area contributed by atoms with E-state index in [0.29, 0.717) is 24.1 Å². The van der Waals surface area contributed by atoms with Gasteiger partial charge in [0.15, 0.2) is 0 Å². The quantitative estimate of drug-likeness (QED) is 0.0908. The molecule has 1 aliphatic rings. The molecule has 4 aromatic carbocycles. The van der Waals surface area contributed by atoms with Gasteiger partial charge in [0.05, 0.1) is 28.1 Å². The van der Waals surface area contributed by atoms with E-state index in [4.69, 9.17) is 11.6 Å². The van der Waals surface area contributed by atoms with Gasteiger partial charge in [-0.15, -0.1) is 0 Å². The molecule has 4 N–H and O–H groups in total. The van der Waals surface area contributed by atoms with Crippen LogP contribution in [0.3, 0.4) is 0 Å². The minimum Gasteiger partial charge on any atom is -0.423 e. The van der Waals surface area contributed by atoms with Crippen molar-refractivity contribution in [2.75, 3.05) is 30.4 Å². The number of halogens is 4. The van der Waals surface area contributed by atoms with Crippen LogP contribution >= 0.6 is 11.6 Å². The van der Waals surface area contributed by atoms with E-state index in [1.165, 1.54) is 6.07 Å². The molecule has 1 heterocycles. The molecule has 260 valence electrons. The summed E-state index contributed by atoms with van der Waals surface area (Å²) < 4.78 is 39.9. The zero-order valence-electron chi connectivity index (χ0n) is 27.3. The topological polar surface area (TPSA) is 117 Å². The second-order valence-corrected chi connectivity index (χ2v) is 12.6. The number of hydrazone groups is 1. The third-order valence-corrected chi connectivity index (χ3v) is 8.59. The Balaban J connectivity index is 1.31. The number of hydrogen-bond acceptors (Lipinski definition) is 7. The van der Waals surface area contributed by atoms with Crippen molar-refractivity contribution in [3.05, 3.63) is 123 Å². The number of hydrogen-bond donors (Lipinski definition) is 4. The van der Waals surface area contributed by atoms with Gasteiger partial charge in [0.2, 0.25) is 0 Å². The fourth-order valence-corrected chi connectivity index (χ4v) is 5.95. The van der Waals surface area contributed by atoms with Gasteiger partial charge < -0.3 is 20.3 Å². The largest absolute Gasteiger partial charge is 0.488 e. The molecule has 4 aromatic rings. The summed E-state index contributed by atoms with van der Waals surface area (Å²) in [6, 6.07) is 22.6. The van der Waals surface area contributed by atoms with Crippen molar-refractivity contribution in [2.45, 2.75) is 38.5 Å². The van der Waals surface area contributed by atoms with Crippen LogP contribution < -0.4 is 21.1 Å². The Morgan fingerprint density at radius 1 is 0.920 bits per heavy atom. The fraction of sp³-hybridized carbons (Fsp3) is 0.250. The summed E-state index contributed by atoms with van der Waals surface area (Å²) in [7, 11) is 0.404. The summed E-state index contributed by atoms with van der Waals surface area (Å²) in [5, 5.41) is 24.9. The maximum atomic E-state index is 13.5. The lowest BCUT2D eigenvalue weighted by Crippen LogP contribution is -2.30. The molecule has 0 bridgehead atoms. The van der Waals surface area contributed by atoms with Gasteiger partial charge in [0, 0.05) is 37.4 Å². The van der Waals surface area contributed by atoms with Crippen molar-refractivity contribution in [3.63, 3.8) is 0 Å². The Kier molecular flexibility index (Phi) is 12.0. The third kappa shape index (κ3) is 9.72. The Hall–Kier alpha value is -4.69. The van der Waals surface area contributed by atoms with Gasteiger partial charge in [-0.05, 0) is 90.9 Å². The smallest absolute Gasteiger partial charge is 0.423 e. The Labute approximate surface area is 293 Å². The molecule has 1 saturated heterocycles. The molecule has 50 heavy (non-hydrogen) atoms. The zero-order chi connectivity index (χ0) is 35.8. The van der Waals surface area contributed by atoms with E-state index in [0.717, 1.165) is 67.5 Å².